The molecule has 1 amide bonds. The van der Waals surface area contributed by atoms with Gasteiger partial charge in [0, 0.05) is 0 Å². The van der Waals surface area contributed by atoms with Gasteiger partial charge in [0.15, 0.2) is 6.29 Å². The lowest BCUT2D eigenvalue weighted by Crippen LogP contribution is -2.61. The number of rotatable bonds is 46. The van der Waals surface area contributed by atoms with E-state index < -0.39 is 78.5 Å². The van der Waals surface area contributed by atoms with Gasteiger partial charge < -0.3 is 40.3 Å². The lowest BCUT2D eigenvalue weighted by molar-refractivity contribution is -0.298. The van der Waals surface area contributed by atoms with Crippen LogP contribution in [-0.4, -0.2) is 107 Å². The van der Waals surface area contributed by atoms with Crippen LogP contribution in [0.2, 0.25) is 0 Å². The van der Waals surface area contributed by atoms with E-state index in [0.717, 1.165) is 64.2 Å². The molecule has 67 heavy (non-hydrogen) atoms. The zero-order valence-corrected chi connectivity index (χ0v) is 42.9. The van der Waals surface area contributed by atoms with Gasteiger partial charge in [0.1, 0.15) is 30.5 Å². The quantitative estimate of drug-likeness (QED) is 0.0173. The Labute approximate surface area is 408 Å². The van der Waals surface area contributed by atoms with E-state index in [1.54, 1.807) is 6.08 Å². The molecule has 1 aliphatic rings. The van der Waals surface area contributed by atoms with Crippen LogP contribution in [0.1, 0.15) is 232 Å². The fourth-order valence-corrected chi connectivity index (χ4v) is 9.00. The minimum atomic E-state index is -5.12. The van der Waals surface area contributed by atoms with Crippen molar-refractivity contribution in [1.82, 2.24) is 5.32 Å². The molecule has 0 aromatic carbocycles. The summed E-state index contributed by atoms with van der Waals surface area (Å²) < 4.78 is 47.7. The van der Waals surface area contributed by atoms with Gasteiger partial charge in [-0.15, -0.1) is 0 Å². The first-order chi connectivity index (χ1) is 32.4. The molecule has 14 heteroatoms. The molecular weight excluding hydrogens is 875 g/mol. The lowest BCUT2D eigenvalue weighted by Gasteiger charge is -2.41. The second-order valence-electron chi connectivity index (χ2n) is 19.0. The summed E-state index contributed by atoms with van der Waals surface area (Å²) >= 11 is 0. The zero-order valence-electron chi connectivity index (χ0n) is 42.1. The van der Waals surface area contributed by atoms with Crippen molar-refractivity contribution in [2.45, 2.75) is 281 Å². The van der Waals surface area contributed by atoms with Crippen molar-refractivity contribution in [3.8, 4) is 0 Å². The first-order valence-corrected chi connectivity index (χ1v) is 28.3. The van der Waals surface area contributed by atoms with Crippen molar-refractivity contribution in [3.63, 3.8) is 0 Å². The van der Waals surface area contributed by atoms with Gasteiger partial charge in [0.2, 0.25) is 5.91 Å². The second-order valence-corrected chi connectivity index (χ2v) is 20.0. The normalized spacial score (nSPS) is 20.6. The predicted molar refractivity (Wildman–Crippen MR) is 270 cm³/mol. The third kappa shape index (κ3) is 35.1. The molecular formula is C53H99NO12S. The van der Waals surface area contributed by atoms with Crippen LogP contribution in [0, 0.1) is 0 Å². The van der Waals surface area contributed by atoms with E-state index in [1.807, 2.05) is 6.08 Å². The maximum atomic E-state index is 13.2. The summed E-state index contributed by atoms with van der Waals surface area (Å²) in [5.74, 6) is -0.709. The summed E-state index contributed by atoms with van der Waals surface area (Å²) in [6, 6.07) is -1.12. The Kier molecular flexibility index (Phi) is 40.7. The number of aliphatic hydroxyl groups excluding tert-OH is 5. The minimum Gasteiger partial charge on any atom is -0.394 e. The number of hydrogen-bond donors (Lipinski definition) is 7. The van der Waals surface area contributed by atoms with Crippen LogP contribution in [0.3, 0.4) is 0 Å². The van der Waals surface area contributed by atoms with E-state index >= 15 is 0 Å². The van der Waals surface area contributed by atoms with Crippen molar-refractivity contribution < 1.29 is 57.0 Å². The molecule has 7 N–H and O–H groups in total. The highest BCUT2D eigenvalue weighted by Gasteiger charge is 2.48. The summed E-state index contributed by atoms with van der Waals surface area (Å²) in [6.07, 6.45) is 40.7. The monoisotopic (exact) mass is 974 g/mol. The number of carbonyl (C=O) groups excluding carboxylic acids is 1. The summed E-state index contributed by atoms with van der Waals surface area (Å²) in [6.45, 7) is 3.24. The molecule has 0 aliphatic carbocycles. The van der Waals surface area contributed by atoms with E-state index in [2.05, 4.69) is 47.7 Å². The molecule has 8 unspecified atom stereocenters. The van der Waals surface area contributed by atoms with Crippen molar-refractivity contribution in [2.75, 3.05) is 13.2 Å². The summed E-state index contributed by atoms with van der Waals surface area (Å²) in [5, 5.41) is 55.4. The van der Waals surface area contributed by atoms with Crippen LogP contribution in [0.4, 0.5) is 0 Å². The Bertz CT molecular complexity index is 1350. The van der Waals surface area contributed by atoms with Crippen LogP contribution < -0.4 is 5.32 Å². The summed E-state index contributed by atoms with van der Waals surface area (Å²) in [7, 11) is -5.12. The topological polar surface area (TPSA) is 212 Å². The van der Waals surface area contributed by atoms with Crippen LogP contribution in [-0.2, 0) is 28.9 Å². The molecule has 394 valence electrons. The minimum absolute atomic E-state index is 0.231. The molecule has 1 heterocycles. The fraction of sp³-hybridized carbons (Fsp3) is 0.868. The third-order valence-corrected chi connectivity index (χ3v) is 13.2. The highest BCUT2D eigenvalue weighted by Crippen LogP contribution is 2.26. The maximum absolute atomic E-state index is 13.2. The van der Waals surface area contributed by atoms with E-state index in [0.29, 0.717) is 12.8 Å². The third-order valence-electron chi connectivity index (χ3n) is 12.8. The summed E-state index contributed by atoms with van der Waals surface area (Å²) in [5.41, 5.74) is 0. The molecule has 1 rings (SSSR count). The lowest BCUT2D eigenvalue weighted by atomic mass is 9.99. The van der Waals surface area contributed by atoms with Crippen LogP contribution in [0.15, 0.2) is 36.5 Å². The maximum Gasteiger partial charge on any atom is 0.397 e. The number of carbonyl (C=O) groups is 1. The van der Waals surface area contributed by atoms with Crippen molar-refractivity contribution in [3.05, 3.63) is 36.5 Å². The SMILES string of the molecule is CCCCCCCCCCC/C=C\C/C=C\CCCCCCCCC(O)C(=O)NC(COC1OC(CO)C(O)C(OS(=O)(=O)O)C1O)C(O)/C=C/CCCCCCCCCCCCCCCC. The molecule has 0 radical (unpaired) electrons. The van der Waals surface area contributed by atoms with Gasteiger partial charge in [-0.1, -0.05) is 217 Å². The van der Waals surface area contributed by atoms with Gasteiger partial charge in [-0.2, -0.15) is 8.42 Å². The number of amides is 1. The predicted octanol–water partition coefficient (Wildman–Crippen LogP) is 10.8. The second kappa shape index (κ2) is 43.1. The van der Waals surface area contributed by atoms with Gasteiger partial charge in [-0.05, 0) is 51.4 Å². The van der Waals surface area contributed by atoms with Crippen LogP contribution in [0.5, 0.6) is 0 Å². The molecule has 0 aromatic rings. The van der Waals surface area contributed by atoms with Crippen molar-refractivity contribution in [1.29, 1.82) is 0 Å². The highest BCUT2D eigenvalue weighted by molar-refractivity contribution is 7.80. The Hall–Kier alpha value is -1.72. The fourth-order valence-electron chi connectivity index (χ4n) is 8.49. The number of unbranched alkanes of at least 4 members (excludes halogenated alkanes) is 29. The van der Waals surface area contributed by atoms with Crippen LogP contribution >= 0.6 is 0 Å². The zero-order chi connectivity index (χ0) is 49.2. The number of hydrogen-bond acceptors (Lipinski definition) is 11. The number of ether oxygens (including phenoxy) is 2. The van der Waals surface area contributed by atoms with E-state index in [9.17, 15) is 43.3 Å². The van der Waals surface area contributed by atoms with E-state index in [4.69, 9.17) is 9.47 Å². The van der Waals surface area contributed by atoms with Gasteiger partial charge in [0.25, 0.3) is 0 Å². The Morgan fingerprint density at radius 3 is 1.46 bits per heavy atom. The van der Waals surface area contributed by atoms with Crippen LogP contribution in [0.25, 0.3) is 0 Å². The van der Waals surface area contributed by atoms with Gasteiger partial charge in [-0.3, -0.25) is 9.35 Å². The average Bonchev–Trinajstić information content (AvgIpc) is 3.30. The molecule has 0 aromatic heterocycles. The number of allylic oxidation sites excluding steroid dienone is 5. The van der Waals surface area contributed by atoms with Crippen molar-refractivity contribution >= 4 is 16.3 Å². The Balaban J connectivity index is 2.48. The Morgan fingerprint density at radius 1 is 0.612 bits per heavy atom. The van der Waals surface area contributed by atoms with Gasteiger partial charge in [-0.25, -0.2) is 4.18 Å². The summed E-state index contributed by atoms with van der Waals surface area (Å²) in [4.78, 5) is 13.2. The molecule has 1 saturated heterocycles. The molecule has 1 aliphatic heterocycles. The smallest absolute Gasteiger partial charge is 0.394 e. The molecule has 0 bridgehead atoms. The largest absolute Gasteiger partial charge is 0.397 e. The molecule has 8 atom stereocenters. The van der Waals surface area contributed by atoms with Gasteiger partial charge in [0.05, 0.1) is 25.4 Å². The number of aliphatic hydroxyl groups is 5. The molecule has 13 nitrogen and oxygen atoms in total. The molecule has 1 fully saturated rings. The number of nitrogens with one attached hydrogen (secondary N) is 1. The Morgan fingerprint density at radius 2 is 1.03 bits per heavy atom. The molecule has 0 spiro atoms. The van der Waals surface area contributed by atoms with E-state index in [-0.39, 0.29) is 6.42 Å². The first-order valence-electron chi connectivity index (χ1n) is 27.0. The standard InChI is InChI=1S/C53H99NO12S/c1-3-5-7-9-11-13-15-17-19-21-22-23-24-25-26-28-30-32-34-36-38-40-42-47(57)52(60)54-45(44-64-53-50(59)51(66-67(61,62)63)49(58)48(43-55)65-53)46(56)41-39-37-35-33-31-29-27-20-18-16-14-12-10-8-6-4-2/h22-23,25-26,39,41,45-51,53,55-59H,3-21,24,27-38,40,42-44H2,1-2H3,(H,54,60)(H,61,62,63)/b23-22-,26-25-,41-39+. The highest BCUT2D eigenvalue weighted by atomic mass is 32.3. The van der Waals surface area contributed by atoms with Crippen molar-refractivity contribution in [2.24, 2.45) is 0 Å². The molecule has 0 saturated carbocycles. The van der Waals surface area contributed by atoms with E-state index in [1.165, 1.54) is 135 Å². The first kappa shape index (κ1) is 63.3. The van der Waals surface area contributed by atoms with Gasteiger partial charge >= 0.3 is 10.4 Å². The average molecular weight is 974 g/mol.